The zero-order valence-corrected chi connectivity index (χ0v) is 21.0. The van der Waals surface area contributed by atoms with E-state index in [0.717, 1.165) is 30.9 Å². The van der Waals surface area contributed by atoms with Gasteiger partial charge in [-0.05, 0) is 48.8 Å². The van der Waals surface area contributed by atoms with E-state index in [1.807, 2.05) is 32.3 Å². The van der Waals surface area contributed by atoms with E-state index in [1.165, 1.54) is 18.9 Å². The second kappa shape index (κ2) is 10.2. The summed E-state index contributed by atoms with van der Waals surface area (Å²) in [5.41, 5.74) is 0.612. The fraction of sp³-hybridized carbons (Fsp3) is 0.593. The number of imidazole rings is 1. The summed E-state index contributed by atoms with van der Waals surface area (Å²) in [5.74, 6) is -1.39. The lowest BCUT2D eigenvalue weighted by Crippen LogP contribution is -2.51. The molecular weight excluding hydrogens is 452 g/mol. The van der Waals surface area contributed by atoms with Crippen molar-refractivity contribution in [2.75, 3.05) is 6.61 Å². The van der Waals surface area contributed by atoms with Crippen LogP contribution in [0.4, 0.5) is 8.78 Å². The third-order valence-electron chi connectivity index (χ3n) is 6.99. The molecule has 1 saturated carbocycles. The smallest absolute Gasteiger partial charge is 0.272 e. The molecule has 8 heteroatoms. The number of nitrogens with one attached hydrogen (secondary N) is 1. The SMILES string of the molecule is CC(CCC1CC1)C(=O)C(NC(=O)c1nc(-c2ccc(F)c(F)c2)n2c1COCCC2)C(C)(C)C. The number of fused-ring (bicyclic) bond motifs is 1. The average Bonchev–Trinajstić information content (AvgIpc) is 3.60. The van der Waals surface area contributed by atoms with Crippen molar-refractivity contribution in [1.29, 1.82) is 0 Å². The van der Waals surface area contributed by atoms with Gasteiger partial charge in [0.2, 0.25) is 0 Å². The molecule has 1 aromatic carbocycles. The van der Waals surface area contributed by atoms with Gasteiger partial charge >= 0.3 is 0 Å². The maximum absolute atomic E-state index is 14.0. The second-order valence-electron chi connectivity index (χ2n) is 11.0. The zero-order chi connectivity index (χ0) is 25.3. The van der Waals surface area contributed by atoms with Crippen LogP contribution in [0.25, 0.3) is 11.4 Å². The predicted molar refractivity (Wildman–Crippen MR) is 129 cm³/mol. The van der Waals surface area contributed by atoms with Gasteiger partial charge in [0, 0.05) is 24.6 Å². The number of Topliss-reactive ketones (excluding diaryl/α,β-unsaturated/α-hetero) is 1. The molecule has 190 valence electrons. The number of ketones is 1. The molecule has 1 amide bonds. The van der Waals surface area contributed by atoms with Crippen molar-refractivity contribution in [3.8, 4) is 11.4 Å². The molecule has 1 aliphatic heterocycles. The Balaban J connectivity index is 1.63. The quantitative estimate of drug-likeness (QED) is 0.549. The first-order valence-corrected chi connectivity index (χ1v) is 12.5. The molecular formula is C27H35F2N3O3. The van der Waals surface area contributed by atoms with Crippen LogP contribution < -0.4 is 5.32 Å². The average molecular weight is 488 g/mol. The lowest BCUT2D eigenvalue weighted by molar-refractivity contribution is -0.126. The van der Waals surface area contributed by atoms with E-state index in [-0.39, 0.29) is 24.0 Å². The summed E-state index contributed by atoms with van der Waals surface area (Å²) in [6, 6.07) is 2.91. The number of hydrogen-bond donors (Lipinski definition) is 1. The first kappa shape index (κ1) is 25.5. The number of nitrogens with zero attached hydrogens (tertiary/aromatic N) is 2. The number of hydrogen-bond acceptors (Lipinski definition) is 4. The highest BCUT2D eigenvalue weighted by molar-refractivity contribution is 5.98. The third-order valence-corrected chi connectivity index (χ3v) is 6.99. The van der Waals surface area contributed by atoms with E-state index in [0.29, 0.717) is 36.7 Å². The highest BCUT2D eigenvalue weighted by atomic mass is 19.2. The standard InChI is InChI=1S/C27H35F2N3O3/c1-16(6-7-17-8-9-17)23(33)24(27(2,3)4)31-26(34)22-21-15-35-13-5-12-32(21)25(30-22)18-10-11-19(28)20(29)14-18/h10-11,14,16-17,24H,5-9,12-13,15H2,1-4H3,(H,31,34). The van der Waals surface area contributed by atoms with Gasteiger partial charge in [-0.2, -0.15) is 0 Å². The van der Waals surface area contributed by atoms with Crippen molar-refractivity contribution in [2.24, 2.45) is 17.3 Å². The van der Waals surface area contributed by atoms with E-state index in [1.54, 1.807) is 0 Å². The molecule has 6 nitrogen and oxygen atoms in total. The number of halogens is 2. The Kier molecular flexibility index (Phi) is 7.40. The summed E-state index contributed by atoms with van der Waals surface area (Å²) in [6.07, 6.45) is 5.05. The summed E-state index contributed by atoms with van der Waals surface area (Å²) in [5, 5.41) is 2.96. The maximum atomic E-state index is 14.0. The molecule has 35 heavy (non-hydrogen) atoms. The van der Waals surface area contributed by atoms with Gasteiger partial charge in [-0.25, -0.2) is 13.8 Å². The highest BCUT2D eigenvalue weighted by Gasteiger charge is 2.37. The molecule has 1 aliphatic carbocycles. The Morgan fingerprint density at radius 3 is 2.63 bits per heavy atom. The number of ether oxygens (including phenoxy) is 1. The Morgan fingerprint density at radius 1 is 1.23 bits per heavy atom. The Hall–Kier alpha value is -2.61. The molecule has 0 spiro atoms. The van der Waals surface area contributed by atoms with Crippen molar-refractivity contribution in [3.05, 3.63) is 41.2 Å². The van der Waals surface area contributed by atoms with Crippen LogP contribution in [-0.2, 0) is 22.7 Å². The topological polar surface area (TPSA) is 73.2 Å². The van der Waals surface area contributed by atoms with Gasteiger partial charge < -0.3 is 14.6 Å². The molecule has 1 aromatic heterocycles. The first-order valence-electron chi connectivity index (χ1n) is 12.5. The van der Waals surface area contributed by atoms with E-state index in [4.69, 9.17) is 4.74 Å². The molecule has 2 atom stereocenters. The lowest BCUT2D eigenvalue weighted by atomic mass is 9.79. The van der Waals surface area contributed by atoms with Gasteiger partial charge in [-0.1, -0.05) is 40.5 Å². The van der Waals surface area contributed by atoms with Crippen LogP contribution in [-0.4, -0.2) is 33.9 Å². The van der Waals surface area contributed by atoms with Crippen molar-refractivity contribution in [3.63, 3.8) is 0 Å². The summed E-state index contributed by atoms with van der Waals surface area (Å²) in [4.78, 5) is 31.5. The largest absolute Gasteiger partial charge is 0.375 e. The number of carbonyl (C=O) groups excluding carboxylic acids is 2. The van der Waals surface area contributed by atoms with E-state index in [2.05, 4.69) is 10.3 Å². The number of aromatic nitrogens is 2. The monoisotopic (exact) mass is 487 g/mol. The van der Waals surface area contributed by atoms with Crippen LogP contribution in [0.3, 0.4) is 0 Å². The van der Waals surface area contributed by atoms with E-state index >= 15 is 0 Å². The molecule has 1 fully saturated rings. The Morgan fingerprint density at radius 2 is 1.97 bits per heavy atom. The van der Waals surface area contributed by atoms with Crippen LogP contribution in [0.1, 0.15) is 76.0 Å². The highest BCUT2D eigenvalue weighted by Crippen LogP contribution is 2.35. The zero-order valence-electron chi connectivity index (χ0n) is 21.0. The number of carbonyl (C=O) groups is 2. The first-order chi connectivity index (χ1) is 16.6. The lowest BCUT2D eigenvalue weighted by Gasteiger charge is -2.32. The minimum atomic E-state index is -0.977. The molecule has 4 rings (SSSR count). The molecule has 2 unspecified atom stereocenters. The second-order valence-corrected chi connectivity index (χ2v) is 11.0. The van der Waals surface area contributed by atoms with E-state index in [9.17, 15) is 18.4 Å². The van der Waals surface area contributed by atoms with Gasteiger partial charge in [-0.3, -0.25) is 9.59 Å². The fourth-order valence-corrected chi connectivity index (χ4v) is 4.64. The van der Waals surface area contributed by atoms with Gasteiger partial charge in [0.1, 0.15) is 5.82 Å². The Labute approximate surface area is 205 Å². The molecule has 0 radical (unpaired) electrons. The molecule has 1 N–H and O–H groups in total. The minimum Gasteiger partial charge on any atom is -0.375 e. The van der Waals surface area contributed by atoms with Gasteiger partial charge in [0.25, 0.3) is 5.91 Å². The van der Waals surface area contributed by atoms with Crippen molar-refractivity contribution in [2.45, 2.75) is 79.0 Å². The third kappa shape index (κ3) is 5.80. The summed E-state index contributed by atoms with van der Waals surface area (Å²) < 4.78 is 35.0. The van der Waals surface area contributed by atoms with Crippen LogP contribution >= 0.6 is 0 Å². The van der Waals surface area contributed by atoms with Crippen molar-refractivity contribution < 1.29 is 23.1 Å². The van der Waals surface area contributed by atoms with Crippen LogP contribution in [0.15, 0.2) is 18.2 Å². The van der Waals surface area contributed by atoms with E-state index < -0.39 is 29.0 Å². The summed E-state index contributed by atoms with van der Waals surface area (Å²) in [6.45, 7) is 8.97. The van der Waals surface area contributed by atoms with Gasteiger partial charge in [-0.15, -0.1) is 0 Å². The Bertz CT molecular complexity index is 1100. The number of amides is 1. The summed E-state index contributed by atoms with van der Waals surface area (Å²) in [7, 11) is 0. The number of rotatable bonds is 8. The van der Waals surface area contributed by atoms with Crippen molar-refractivity contribution in [1.82, 2.24) is 14.9 Å². The van der Waals surface area contributed by atoms with Crippen molar-refractivity contribution >= 4 is 11.7 Å². The van der Waals surface area contributed by atoms with Gasteiger partial charge in [0.15, 0.2) is 23.1 Å². The summed E-state index contributed by atoms with van der Waals surface area (Å²) >= 11 is 0. The normalized spacial score (nSPS) is 17.9. The molecule has 0 bridgehead atoms. The molecule has 2 aromatic rings. The van der Waals surface area contributed by atoms with Crippen LogP contribution in [0.2, 0.25) is 0 Å². The molecule has 2 heterocycles. The maximum Gasteiger partial charge on any atom is 0.272 e. The minimum absolute atomic E-state index is 0.0221. The number of benzene rings is 1. The molecule has 2 aliphatic rings. The molecule has 0 saturated heterocycles. The predicted octanol–water partition coefficient (Wildman–Crippen LogP) is 5.29. The van der Waals surface area contributed by atoms with Crippen LogP contribution in [0, 0.1) is 28.9 Å². The fourth-order valence-electron chi connectivity index (χ4n) is 4.64. The van der Waals surface area contributed by atoms with Gasteiger partial charge in [0.05, 0.1) is 18.3 Å². The van der Waals surface area contributed by atoms with Crippen LogP contribution in [0.5, 0.6) is 0 Å².